The van der Waals surface area contributed by atoms with E-state index in [0.29, 0.717) is 0 Å². The zero-order chi connectivity index (χ0) is 19.1. The summed E-state index contributed by atoms with van der Waals surface area (Å²) in [5, 5.41) is 2.54. The van der Waals surface area contributed by atoms with Gasteiger partial charge in [-0.15, -0.1) is 0 Å². The van der Waals surface area contributed by atoms with Gasteiger partial charge in [-0.3, -0.25) is 9.59 Å². The average molecular weight is 423 g/mol. The minimum atomic E-state index is -0.694. The SMILES string of the molecule is CNC(=O)C(C)N(Cc1ccc(Br)cc1)C(=O)COc1ccccc1F. The van der Waals surface area contributed by atoms with E-state index in [2.05, 4.69) is 21.2 Å². The number of halogens is 2. The van der Waals surface area contributed by atoms with E-state index in [9.17, 15) is 14.0 Å². The van der Waals surface area contributed by atoms with E-state index in [1.807, 2.05) is 24.3 Å². The number of nitrogens with zero attached hydrogens (tertiary/aromatic N) is 1. The number of amides is 2. The van der Waals surface area contributed by atoms with E-state index in [-0.39, 0.29) is 24.8 Å². The highest BCUT2D eigenvalue weighted by Crippen LogP contribution is 2.17. The second-order valence-corrected chi connectivity index (χ2v) is 6.57. The fraction of sp³-hybridized carbons (Fsp3) is 0.263. The molecule has 0 heterocycles. The van der Waals surface area contributed by atoms with Crippen molar-refractivity contribution < 1.29 is 18.7 Å². The molecule has 0 aliphatic heterocycles. The zero-order valence-corrected chi connectivity index (χ0v) is 16.1. The van der Waals surface area contributed by atoms with Gasteiger partial charge in [0, 0.05) is 18.1 Å². The molecular weight excluding hydrogens is 403 g/mol. The summed E-state index contributed by atoms with van der Waals surface area (Å²) in [5.41, 5.74) is 0.864. The number of ether oxygens (including phenoxy) is 1. The van der Waals surface area contributed by atoms with Gasteiger partial charge in [-0.25, -0.2) is 4.39 Å². The molecule has 2 rings (SSSR count). The third kappa shape index (κ3) is 5.29. The summed E-state index contributed by atoms with van der Waals surface area (Å²) in [6.45, 7) is 1.51. The fourth-order valence-corrected chi connectivity index (χ4v) is 2.63. The number of carbonyl (C=O) groups excluding carboxylic acids is 2. The van der Waals surface area contributed by atoms with E-state index in [0.717, 1.165) is 10.0 Å². The topological polar surface area (TPSA) is 58.6 Å². The van der Waals surface area contributed by atoms with Crippen molar-refractivity contribution in [3.05, 3.63) is 64.4 Å². The normalized spacial score (nSPS) is 11.5. The van der Waals surface area contributed by atoms with Gasteiger partial charge >= 0.3 is 0 Å². The third-order valence-electron chi connectivity index (χ3n) is 3.87. The Morgan fingerprint density at radius 1 is 1.19 bits per heavy atom. The minimum absolute atomic E-state index is 0.00274. The molecule has 0 fully saturated rings. The van der Waals surface area contributed by atoms with Crippen molar-refractivity contribution in [2.45, 2.75) is 19.5 Å². The molecule has 0 bridgehead atoms. The van der Waals surface area contributed by atoms with Crippen LogP contribution in [0.4, 0.5) is 4.39 Å². The van der Waals surface area contributed by atoms with Crippen molar-refractivity contribution in [3.63, 3.8) is 0 Å². The molecule has 0 saturated heterocycles. The highest BCUT2D eigenvalue weighted by atomic mass is 79.9. The van der Waals surface area contributed by atoms with E-state index < -0.39 is 17.8 Å². The largest absolute Gasteiger partial charge is 0.481 e. The molecule has 26 heavy (non-hydrogen) atoms. The van der Waals surface area contributed by atoms with Gasteiger partial charge in [-0.1, -0.05) is 40.2 Å². The number of hydrogen-bond donors (Lipinski definition) is 1. The first-order chi connectivity index (χ1) is 12.4. The quantitative estimate of drug-likeness (QED) is 0.745. The number of carbonyl (C=O) groups is 2. The van der Waals surface area contributed by atoms with E-state index in [4.69, 9.17) is 4.74 Å². The average Bonchev–Trinajstić information content (AvgIpc) is 2.65. The Labute approximate surface area is 160 Å². The van der Waals surface area contributed by atoms with Crippen LogP contribution in [0.3, 0.4) is 0 Å². The van der Waals surface area contributed by atoms with E-state index in [1.165, 1.54) is 30.1 Å². The molecule has 138 valence electrons. The van der Waals surface area contributed by atoms with Crippen LogP contribution in [-0.4, -0.2) is 36.4 Å². The fourth-order valence-electron chi connectivity index (χ4n) is 2.36. The zero-order valence-electron chi connectivity index (χ0n) is 14.5. The molecule has 1 N–H and O–H groups in total. The summed E-state index contributed by atoms with van der Waals surface area (Å²) >= 11 is 3.36. The van der Waals surface area contributed by atoms with Gasteiger partial charge in [-0.05, 0) is 36.8 Å². The first-order valence-electron chi connectivity index (χ1n) is 8.05. The van der Waals surface area contributed by atoms with Crippen LogP contribution < -0.4 is 10.1 Å². The lowest BCUT2D eigenvalue weighted by molar-refractivity contribution is -0.142. The van der Waals surface area contributed by atoms with Gasteiger partial charge in [0.2, 0.25) is 5.91 Å². The Bertz CT molecular complexity index is 768. The summed E-state index contributed by atoms with van der Waals surface area (Å²) in [4.78, 5) is 26.1. The van der Waals surface area contributed by atoms with Crippen LogP contribution in [0.2, 0.25) is 0 Å². The highest BCUT2D eigenvalue weighted by molar-refractivity contribution is 9.10. The van der Waals surface area contributed by atoms with Crippen molar-refractivity contribution in [1.82, 2.24) is 10.2 Å². The van der Waals surface area contributed by atoms with Gasteiger partial charge in [0.1, 0.15) is 6.04 Å². The molecule has 0 aliphatic carbocycles. The predicted molar refractivity (Wildman–Crippen MR) is 100 cm³/mol. The molecule has 0 aromatic heterocycles. The monoisotopic (exact) mass is 422 g/mol. The minimum Gasteiger partial charge on any atom is -0.481 e. The molecule has 5 nitrogen and oxygen atoms in total. The van der Waals surface area contributed by atoms with Crippen LogP contribution in [0.1, 0.15) is 12.5 Å². The van der Waals surface area contributed by atoms with Gasteiger partial charge in [-0.2, -0.15) is 0 Å². The van der Waals surface area contributed by atoms with Crippen LogP contribution >= 0.6 is 15.9 Å². The summed E-state index contributed by atoms with van der Waals surface area (Å²) in [7, 11) is 1.51. The van der Waals surface area contributed by atoms with Gasteiger partial charge < -0.3 is 15.0 Å². The van der Waals surface area contributed by atoms with Gasteiger partial charge in [0.15, 0.2) is 18.2 Å². The summed E-state index contributed by atoms with van der Waals surface area (Å²) in [6.07, 6.45) is 0. The van der Waals surface area contributed by atoms with Crippen molar-refractivity contribution in [2.24, 2.45) is 0 Å². The van der Waals surface area contributed by atoms with Crippen molar-refractivity contribution in [1.29, 1.82) is 0 Å². The lowest BCUT2D eigenvalue weighted by atomic mass is 10.1. The first-order valence-corrected chi connectivity index (χ1v) is 8.84. The van der Waals surface area contributed by atoms with Crippen LogP contribution in [0.25, 0.3) is 0 Å². The van der Waals surface area contributed by atoms with Crippen LogP contribution in [-0.2, 0) is 16.1 Å². The molecular formula is C19H20BrFN2O3. The maximum Gasteiger partial charge on any atom is 0.261 e. The molecule has 2 aromatic carbocycles. The maximum absolute atomic E-state index is 13.6. The summed E-state index contributed by atoms with van der Waals surface area (Å²) in [5.74, 6) is -1.25. The van der Waals surface area contributed by atoms with Crippen molar-refractivity contribution in [2.75, 3.05) is 13.7 Å². The molecule has 0 saturated carbocycles. The third-order valence-corrected chi connectivity index (χ3v) is 4.40. The van der Waals surface area contributed by atoms with Gasteiger partial charge in [0.05, 0.1) is 0 Å². The summed E-state index contributed by atoms with van der Waals surface area (Å²) in [6, 6.07) is 12.6. The number of likely N-dealkylation sites (N-methyl/N-ethyl adjacent to an activating group) is 1. The van der Waals surface area contributed by atoms with E-state index >= 15 is 0 Å². The Morgan fingerprint density at radius 2 is 1.85 bits per heavy atom. The molecule has 0 aliphatic rings. The molecule has 1 atom stereocenters. The Kier molecular flexibility index (Phi) is 7.15. The number of rotatable bonds is 7. The summed E-state index contributed by atoms with van der Waals surface area (Å²) < 4.78 is 19.9. The van der Waals surface area contributed by atoms with E-state index in [1.54, 1.807) is 13.0 Å². The van der Waals surface area contributed by atoms with Crippen LogP contribution in [0.15, 0.2) is 53.0 Å². The molecule has 0 radical (unpaired) electrons. The first kappa shape index (κ1) is 19.9. The van der Waals surface area contributed by atoms with Crippen molar-refractivity contribution >= 4 is 27.7 Å². The number of para-hydroxylation sites is 1. The van der Waals surface area contributed by atoms with Crippen LogP contribution in [0, 0.1) is 5.82 Å². The highest BCUT2D eigenvalue weighted by Gasteiger charge is 2.26. The lowest BCUT2D eigenvalue weighted by Crippen LogP contribution is -2.48. The molecule has 2 amide bonds. The smallest absolute Gasteiger partial charge is 0.261 e. The second kappa shape index (κ2) is 9.33. The molecule has 2 aromatic rings. The maximum atomic E-state index is 13.6. The molecule has 7 heteroatoms. The Balaban J connectivity index is 2.13. The predicted octanol–water partition coefficient (Wildman–Crippen LogP) is 3.13. The molecule has 0 spiro atoms. The lowest BCUT2D eigenvalue weighted by Gasteiger charge is -2.28. The standard InChI is InChI=1S/C19H20BrFN2O3/c1-13(19(25)22-2)23(11-14-7-9-15(20)10-8-14)18(24)12-26-17-6-4-3-5-16(17)21/h3-10,13H,11-12H2,1-2H3,(H,22,25). The number of nitrogens with one attached hydrogen (secondary N) is 1. The second-order valence-electron chi connectivity index (χ2n) is 5.66. The van der Waals surface area contributed by atoms with Crippen molar-refractivity contribution in [3.8, 4) is 5.75 Å². The Morgan fingerprint density at radius 3 is 2.46 bits per heavy atom. The Hall–Kier alpha value is -2.41. The number of benzene rings is 2. The molecule has 1 unspecified atom stereocenters. The van der Waals surface area contributed by atoms with Gasteiger partial charge in [0.25, 0.3) is 5.91 Å². The van der Waals surface area contributed by atoms with Crippen LogP contribution in [0.5, 0.6) is 5.75 Å². The number of hydrogen-bond acceptors (Lipinski definition) is 3.